The van der Waals surface area contributed by atoms with Crippen LogP contribution in [-0.4, -0.2) is 30.0 Å². The molecule has 0 spiro atoms. The van der Waals surface area contributed by atoms with Crippen LogP contribution < -0.4 is 9.46 Å². The van der Waals surface area contributed by atoms with Crippen LogP contribution in [0, 0.1) is 13.8 Å². The molecule has 1 aromatic carbocycles. The highest BCUT2D eigenvalue weighted by atomic mass is 32.2. The van der Waals surface area contributed by atoms with Gasteiger partial charge in [-0.15, -0.1) is 0 Å². The summed E-state index contributed by atoms with van der Waals surface area (Å²) < 4.78 is 52.6. The molecule has 0 radical (unpaired) electrons. The third kappa shape index (κ3) is 11.4. The molecule has 1 N–H and O–H groups in total. The van der Waals surface area contributed by atoms with E-state index in [0.29, 0.717) is 18.9 Å². The largest absolute Gasteiger partial charge is 0.760 e. The molecule has 0 saturated carbocycles. The van der Waals surface area contributed by atoms with Gasteiger partial charge in [-0.25, -0.2) is 13.5 Å². The van der Waals surface area contributed by atoms with Crippen molar-refractivity contribution in [3.05, 3.63) is 28.8 Å². The van der Waals surface area contributed by atoms with Gasteiger partial charge in [-0.3, -0.25) is 4.21 Å². The average Bonchev–Trinajstić information content (AvgIpc) is 2.46. The zero-order valence-corrected chi connectivity index (χ0v) is 17.8. The lowest BCUT2D eigenvalue weighted by molar-refractivity contribution is 0.145. The SMILES string of the molecule is CCNS(=O)[O-].Cc1cc(OCCC[Si](C)(C)C)c(C(F)F)cc1C. The van der Waals surface area contributed by atoms with E-state index in [1.807, 2.05) is 13.8 Å². The fourth-order valence-electron chi connectivity index (χ4n) is 2.01. The van der Waals surface area contributed by atoms with Crippen LogP contribution in [0.1, 0.15) is 36.5 Å². The molecule has 146 valence electrons. The highest BCUT2D eigenvalue weighted by molar-refractivity contribution is 7.77. The Hall–Kier alpha value is -0.833. The van der Waals surface area contributed by atoms with Gasteiger partial charge in [0.05, 0.1) is 12.2 Å². The maximum Gasteiger partial charge on any atom is 0.267 e. The second kappa shape index (κ2) is 11.7. The molecule has 1 rings (SSSR count). The van der Waals surface area contributed by atoms with E-state index in [0.717, 1.165) is 23.6 Å². The zero-order chi connectivity index (χ0) is 19.6. The molecule has 4 nitrogen and oxygen atoms in total. The van der Waals surface area contributed by atoms with Crippen LogP contribution in [0.2, 0.25) is 25.7 Å². The monoisotopic (exact) mass is 394 g/mol. The summed E-state index contributed by atoms with van der Waals surface area (Å²) in [5.41, 5.74) is 1.88. The molecule has 1 unspecified atom stereocenters. The van der Waals surface area contributed by atoms with Crippen molar-refractivity contribution in [2.24, 2.45) is 0 Å². The number of nitrogens with one attached hydrogen (secondary N) is 1. The van der Waals surface area contributed by atoms with E-state index >= 15 is 0 Å². The lowest BCUT2D eigenvalue weighted by Gasteiger charge is -2.17. The zero-order valence-electron chi connectivity index (χ0n) is 15.9. The average molecular weight is 395 g/mol. The molecule has 1 atom stereocenters. The Balaban J connectivity index is 0.000000823. The molecule has 0 amide bonds. The molecule has 0 fully saturated rings. The minimum absolute atomic E-state index is 0.0103. The smallest absolute Gasteiger partial charge is 0.267 e. The number of ether oxygens (including phenoxy) is 1. The van der Waals surface area contributed by atoms with Gasteiger partial charge in [0.2, 0.25) is 0 Å². The normalized spacial score (nSPS) is 12.6. The summed E-state index contributed by atoms with van der Waals surface area (Å²) in [6, 6.07) is 4.42. The first-order valence-electron chi connectivity index (χ1n) is 8.32. The molecule has 0 heterocycles. The summed E-state index contributed by atoms with van der Waals surface area (Å²) in [6.45, 7) is 13.4. The molecule has 8 heteroatoms. The van der Waals surface area contributed by atoms with E-state index in [4.69, 9.17) is 4.74 Å². The Morgan fingerprint density at radius 2 is 1.80 bits per heavy atom. The fourth-order valence-corrected chi connectivity index (χ4v) is 3.45. The third-order valence-electron chi connectivity index (χ3n) is 3.45. The molecule has 0 aromatic heterocycles. The van der Waals surface area contributed by atoms with E-state index in [1.165, 1.54) is 6.07 Å². The van der Waals surface area contributed by atoms with Crippen LogP contribution in [-0.2, 0) is 11.3 Å². The number of hydrogen-bond donors (Lipinski definition) is 1. The summed E-state index contributed by atoms with van der Waals surface area (Å²) in [5, 5.41) is 0. The summed E-state index contributed by atoms with van der Waals surface area (Å²) in [5.74, 6) is 0.341. The maximum atomic E-state index is 13.0. The van der Waals surface area contributed by atoms with Gasteiger partial charge in [-0.05, 0) is 43.5 Å². The van der Waals surface area contributed by atoms with Crippen LogP contribution in [0.15, 0.2) is 12.1 Å². The lowest BCUT2D eigenvalue weighted by Crippen LogP contribution is -2.20. The van der Waals surface area contributed by atoms with Crippen molar-refractivity contribution in [1.82, 2.24) is 4.72 Å². The van der Waals surface area contributed by atoms with Gasteiger partial charge in [0.15, 0.2) is 0 Å². The number of hydrogen-bond acceptors (Lipinski definition) is 3. The number of alkyl halides is 2. The standard InChI is InChI=1S/C15H24F2OSi.C2H7NO2S/c1-11-9-13(15(16)17)14(10-12(11)2)18-7-6-8-19(3,4)5;1-2-3-6(4)5/h9-10,15H,6-8H2,1-5H3;3H,2H2,1H3,(H,4,5)/p-1. The molecule has 0 aliphatic rings. The highest BCUT2D eigenvalue weighted by Gasteiger charge is 2.16. The molecule has 0 aliphatic heterocycles. The first-order valence-corrected chi connectivity index (χ1v) is 13.1. The maximum absolute atomic E-state index is 13.0. The Bertz CT molecular complexity index is 551. The number of halogens is 2. The predicted octanol–water partition coefficient (Wildman–Crippen LogP) is 4.74. The molecular formula is C17H30F2NO3SSi-. The summed E-state index contributed by atoms with van der Waals surface area (Å²) in [7, 11) is -1.08. The van der Waals surface area contributed by atoms with Gasteiger partial charge in [0.1, 0.15) is 5.75 Å². The van der Waals surface area contributed by atoms with Crippen LogP contribution in [0.4, 0.5) is 8.78 Å². The van der Waals surface area contributed by atoms with Gasteiger partial charge in [0, 0.05) is 25.9 Å². The van der Waals surface area contributed by atoms with E-state index in [2.05, 4.69) is 24.4 Å². The van der Waals surface area contributed by atoms with E-state index in [9.17, 15) is 17.5 Å². The van der Waals surface area contributed by atoms with Crippen molar-refractivity contribution >= 4 is 19.3 Å². The molecular weight excluding hydrogens is 364 g/mol. The second-order valence-electron chi connectivity index (χ2n) is 7.02. The molecule has 0 saturated heterocycles. The van der Waals surface area contributed by atoms with Gasteiger partial charge in [0.25, 0.3) is 6.43 Å². The fraction of sp³-hybridized carbons (Fsp3) is 0.647. The van der Waals surface area contributed by atoms with Crippen LogP contribution in [0.3, 0.4) is 0 Å². The quantitative estimate of drug-likeness (QED) is 0.394. The van der Waals surface area contributed by atoms with Crippen LogP contribution in [0.5, 0.6) is 5.75 Å². The highest BCUT2D eigenvalue weighted by Crippen LogP contribution is 2.31. The summed E-state index contributed by atoms with van der Waals surface area (Å²) >= 11 is -2.07. The molecule has 0 aliphatic carbocycles. The summed E-state index contributed by atoms with van der Waals surface area (Å²) in [6.07, 6.45) is -1.54. The minimum Gasteiger partial charge on any atom is -0.760 e. The van der Waals surface area contributed by atoms with Crippen molar-refractivity contribution in [3.63, 3.8) is 0 Å². The Kier molecular flexibility index (Phi) is 11.3. The van der Waals surface area contributed by atoms with Gasteiger partial charge >= 0.3 is 0 Å². The van der Waals surface area contributed by atoms with Crippen LogP contribution in [0.25, 0.3) is 0 Å². The third-order valence-corrected chi connectivity index (χ3v) is 5.83. The first kappa shape index (κ1) is 24.2. The van der Waals surface area contributed by atoms with E-state index in [-0.39, 0.29) is 5.56 Å². The van der Waals surface area contributed by atoms with Crippen molar-refractivity contribution in [2.45, 2.75) is 59.3 Å². The topological polar surface area (TPSA) is 61.4 Å². The van der Waals surface area contributed by atoms with Crippen molar-refractivity contribution < 1.29 is 22.3 Å². The lowest BCUT2D eigenvalue weighted by atomic mass is 10.1. The molecule has 0 bridgehead atoms. The Morgan fingerprint density at radius 1 is 1.24 bits per heavy atom. The number of aryl methyl sites for hydroxylation is 2. The van der Waals surface area contributed by atoms with Gasteiger partial charge < -0.3 is 9.29 Å². The van der Waals surface area contributed by atoms with Gasteiger partial charge in [-0.2, -0.15) is 0 Å². The Morgan fingerprint density at radius 3 is 2.20 bits per heavy atom. The predicted molar refractivity (Wildman–Crippen MR) is 102 cm³/mol. The number of rotatable bonds is 8. The van der Waals surface area contributed by atoms with Crippen molar-refractivity contribution in [3.8, 4) is 5.75 Å². The minimum atomic E-state index is -2.48. The molecule has 1 aromatic rings. The van der Waals surface area contributed by atoms with Gasteiger partial charge in [-0.1, -0.05) is 32.6 Å². The van der Waals surface area contributed by atoms with E-state index in [1.54, 1.807) is 13.0 Å². The molecule has 25 heavy (non-hydrogen) atoms. The number of benzene rings is 1. The first-order chi connectivity index (χ1) is 11.5. The van der Waals surface area contributed by atoms with Crippen molar-refractivity contribution in [2.75, 3.05) is 13.2 Å². The second-order valence-corrected chi connectivity index (χ2v) is 13.4. The summed E-state index contributed by atoms with van der Waals surface area (Å²) in [4.78, 5) is 0. The Labute approximate surface area is 153 Å². The van der Waals surface area contributed by atoms with Crippen molar-refractivity contribution in [1.29, 1.82) is 0 Å². The van der Waals surface area contributed by atoms with Crippen LogP contribution >= 0.6 is 0 Å². The van der Waals surface area contributed by atoms with E-state index < -0.39 is 25.8 Å².